The number of carbonyl (C=O) groups is 1. The van der Waals surface area contributed by atoms with E-state index in [0.717, 1.165) is 25.8 Å². The number of hydrogen-bond donors (Lipinski definition) is 1. The van der Waals surface area contributed by atoms with Gasteiger partial charge in [-0.3, -0.25) is 9.69 Å². The zero-order valence-corrected chi connectivity index (χ0v) is 12.4. The maximum atomic E-state index is 11.9. The van der Waals surface area contributed by atoms with Crippen molar-refractivity contribution in [1.82, 2.24) is 4.90 Å². The van der Waals surface area contributed by atoms with Crippen LogP contribution < -0.4 is 5.73 Å². The quantitative estimate of drug-likeness (QED) is 0.472. The van der Waals surface area contributed by atoms with Crippen LogP contribution in [-0.4, -0.2) is 43.2 Å². The Morgan fingerprint density at radius 3 is 2.90 bits per heavy atom. The largest absolute Gasteiger partial charge is 0.465 e. The Bertz CT molecular complexity index is 459. The molecule has 0 aromatic heterocycles. The van der Waals surface area contributed by atoms with Crippen LogP contribution in [0.15, 0.2) is 42.5 Å². The fourth-order valence-corrected chi connectivity index (χ4v) is 2.52. The number of aryl methyl sites for hydroxylation is 1. The van der Waals surface area contributed by atoms with Crippen molar-refractivity contribution >= 4 is 5.97 Å². The fourth-order valence-electron chi connectivity index (χ4n) is 2.52. The third-order valence-corrected chi connectivity index (χ3v) is 3.70. The van der Waals surface area contributed by atoms with Gasteiger partial charge in [0.2, 0.25) is 0 Å². The highest BCUT2D eigenvalue weighted by molar-refractivity contribution is 5.71. The molecular weight excluding hydrogens is 264 g/mol. The topological polar surface area (TPSA) is 55.6 Å². The van der Waals surface area contributed by atoms with Crippen molar-refractivity contribution in [3.63, 3.8) is 0 Å². The molecule has 0 fully saturated rings. The van der Waals surface area contributed by atoms with Gasteiger partial charge in [0.15, 0.2) is 0 Å². The highest BCUT2D eigenvalue weighted by Gasteiger charge is 2.20. The maximum Gasteiger partial charge on any atom is 0.320 e. The summed E-state index contributed by atoms with van der Waals surface area (Å²) in [4.78, 5) is 13.9. The van der Waals surface area contributed by atoms with Gasteiger partial charge in [-0.1, -0.05) is 42.5 Å². The molecule has 0 spiro atoms. The molecule has 1 atom stereocenters. The van der Waals surface area contributed by atoms with Gasteiger partial charge in [-0.25, -0.2) is 0 Å². The van der Waals surface area contributed by atoms with Crippen LogP contribution in [0, 0.1) is 0 Å². The average Bonchev–Trinajstić information content (AvgIpc) is 2.53. The fraction of sp³-hybridized carbons (Fsp3) is 0.471. The molecule has 2 N–H and O–H groups in total. The Morgan fingerprint density at radius 1 is 1.33 bits per heavy atom. The third kappa shape index (κ3) is 5.33. The second-order valence-electron chi connectivity index (χ2n) is 5.30. The zero-order valence-electron chi connectivity index (χ0n) is 12.4. The minimum absolute atomic E-state index is 0.156. The van der Waals surface area contributed by atoms with Gasteiger partial charge in [0.05, 0.1) is 13.2 Å². The number of ether oxygens (including phenoxy) is 1. The maximum absolute atomic E-state index is 11.9. The average molecular weight is 288 g/mol. The number of esters is 1. The standard InChI is InChI=1S/C17H24N2O2/c18-13-16-10-4-5-11-19(16)14-17(20)21-12-6-9-15-7-2-1-3-8-15/h1-4,7-8,10,16H,5-6,9,11-14,18H2. The van der Waals surface area contributed by atoms with Crippen molar-refractivity contribution in [2.75, 3.05) is 26.2 Å². The van der Waals surface area contributed by atoms with Crippen LogP contribution >= 0.6 is 0 Å². The van der Waals surface area contributed by atoms with Crippen LogP contribution in [0.4, 0.5) is 0 Å². The number of carbonyl (C=O) groups excluding carboxylic acids is 1. The van der Waals surface area contributed by atoms with Crippen molar-refractivity contribution in [2.45, 2.75) is 25.3 Å². The Labute approximate surface area is 126 Å². The lowest BCUT2D eigenvalue weighted by molar-refractivity contribution is -0.145. The molecule has 4 nitrogen and oxygen atoms in total. The molecule has 1 aliphatic rings. The molecule has 0 saturated carbocycles. The smallest absolute Gasteiger partial charge is 0.320 e. The van der Waals surface area contributed by atoms with E-state index in [1.165, 1.54) is 5.56 Å². The molecule has 0 aliphatic carbocycles. The minimum atomic E-state index is -0.156. The predicted molar refractivity (Wildman–Crippen MR) is 83.9 cm³/mol. The highest BCUT2D eigenvalue weighted by atomic mass is 16.5. The Kier molecular flexibility index (Phi) is 6.44. The first-order valence-electron chi connectivity index (χ1n) is 7.60. The molecule has 1 heterocycles. The van der Waals surface area contributed by atoms with Gasteiger partial charge < -0.3 is 10.5 Å². The molecule has 1 aliphatic heterocycles. The van der Waals surface area contributed by atoms with E-state index in [4.69, 9.17) is 10.5 Å². The van der Waals surface area contributed by atoms with E-state index in [-0.39, 0.29) is 12.0 Å². The Balaban J connectivity index is 1.64. The van der Waals surface area contributed by atoms with Crippen LogP contribution in [0.5, 0.6) is 0 Å². The van der Waals surface area contributed by atoms with Crippen molar-refractivity contribution < 1.29 is 9.53 Å². The first-order valence-corrected chi connectivity index (χ1v) is 7.60. The summed E-state index contributed by atoms with van der Waals surface area (Å²) in [6.45, 7) is 2.22. The first kappa shape index (κ1) is 15.7. The summed E-state index contributed by atoms with van der Waals surface area (Å²) in [7, 11) is 0. The van der Waals surface area contributed by atoms with E-state index in [0.29, 0.717) is 19.7 Å². The second-order valence-corrected chi connectivity index (χ2v) is 5.30. The zero-order chi connectivity index (χ0) is 14.9. The van der Waals surface area contributed by atoms with Crippen LogP contribution in [0.25, 0.3) is 0 Å². The second kappa shape index (κ2) is 8.60. The van der Waals surface area contributed by atoms with E-state index in [9.17, 15) is 4.79 Å². The summed E-state index contributed by atoms with van der Waals surface area (Å²) in [6, 6.07) is 10.4. The molecule has 0 bridgehead atoms. The molecule has 114 valence electrons. The molecule has 1 unspecified atom stereocenters. The van der Waals surface area contributed by atoms with Crippen LogP contribution in [0.1, 0.15) is 18.4 Å². The molecule has 1 aromatic carbocycles. The molecule has 0 amide bonds. The summed E-state index contributed by atoms with van der Waals surface area (Å²) in [5.41, 5.74) is 6.99. The molecule has 0 saturated heterocycles. The highest BCUT2D eigenvalue weighted by Crippen LogP contribution is 2.09. The minimum Gasteiger partial charge on any atom is -0.465 e. The lowest BCUT2D eigenvalue weighted by atomic mass is 10.1. The van der Waals surface area contributed by atoms with Gasteiger partial charge in [-0.2, -0.15) is 0 Å². The first-order chi connectivity index (χ1) is 10.3. The normalized spacial score (nSPS) is 18.6. The van der Waals surface area contributed by atoms with E-state index in [1.807, 2.05) is 18.2 Å². The lowest BCUT2D eigenvalue weighted by Crippen LogP contribution is -2.44. The molecule has 0 radical (unpaired) electrons. The number of nitrogens with zero attached hydrogens (tertiary/aromatic N) is 1. The van der Waals surface area contributed by atoms with E-state index in [1.54, 1.807) is 0 Å². The molecule has 2 rings (SSSR count). The molecular formula is C17H24N2O2. The summed E-state index contributed by atoms with van der Waals surface area (Å²) < 4.78 is 5.31. The van der Waals surface area contributed by atoms with Gasteiger partial charge in [-0.15, -0.1) is 0 Å². The summed E-state index contributed by atoms with van der Waals surface area (Å²) in [5, 5.41) is 0. The number of benzene rings is 1. The van der Waals surface area contributed by atoms with Gasteiger partial charge in [-0.05, 0) is 24.8 Å². The van der Waals surface area contributed by atoms with Gasteiger partial charge in [0.1, 0.15) is 0 Å². The van der Waals surface area contributed by atoms with Crippen LogP contribution in [-0.2, 0) is 16.0 Å². The van der Waals surface area contributed by atoms with Gasteiger partial charge in [0, 0.05) is 19.1 Å². The van der Waals surface area contributed by atoms with Crippen LogP contribution in [0.2, 0.25) is 0 Å². The van der Waals surface area contributed by atoms with Gasteiger partial charge in [0.25, 0.3) is 0 Å². The third-order valence-electron chi connectivity index (χ3n) is 3.70. The summed E-state index contributed by atoms with van der Waals surface area (Å²) in [5.74, 6) is -0.156. The monoisotopic (exact) mass is 288 g/mol. The number of rotatable bonds is 7. The van der Waals surface area contributed by atoms with Crippen molar-refractivity contribution in [1.29, 1.82) is 0 Å². The van der Waals surface area contributed by atoms with Gasteiger partial charge >= 0.3 is 5.97 Å². The van der Waals surface area contributed by atoms with E-state index in [2.05, 4.69) is 29.2 Å². The van der Waals surface area contributed by atoms with Crippen LogP contribution in [0.3, 0.4) is 0 Å². The van der Waals surface area contributed by atoms with Crippen molar-refractivity contribution in [3.8, 4) is 0 Å². The van der Waals surface area contributed by atoms with E-state index < -0.39 is 0 Å². The number of hydrogen-bond acceptors (Lipinski definition) is 4. The number of nitrogens with two attached hydrogens (primary N) is 1. The SMILES string of the molecule is NCC1C=CCCN1CC(=O)OCCCc1ccccc1. The van der Waals surface area contributed by atoms with E-state index >= 15 is 0 Å². The van der Waals surface area contributed by atoms with Crippen molar-refractivity contribution in [2.24, 2.45) is 5.73 Å². The Hall–Kier alpha value is -1.65. The predicted octanol–water partition coefficient (Wildman–Crippen LogP) is 1.75. The molecule has 1 aromatic rings. The summed E-state index contributed by atoms with van der Waals surface area (Å²) >= 11 is 0. The summed E-state index contributed by atoms with van der Waals surface area (Å²) in [6.07, 6.45) is 6.96. The van der Waals surface area contributed by atoms with Crippen molar-refractivity contribution in [3.05, 3.63) is 48.0 Å². The molecule has 21 heavy (non-hydrogen) atoms. The lowest BCUT2D eigenvalue weighted by Gasteiger charge is -2.30. The molecule has 4 heteroatoms. The Morgan fingerprint density at radius 2 is 2.14 bits per heavy atom.